The van der Waals surface area contributed by atoms with E-state index in [1.165, 1.54) is 6.92 Å². The molecule has 0 aliphatic carbocycles. The predicted molar refractivity (Wildman–Crippen MR) is 95.9 cm³/mol. The maximum absolute atomic E-state index is 12.5. The molecule has 3 rings (SSSR count). The molecular weight excluding hydrogens is 332 g/mol. The molecule has 1 aliphatic rings. The van der Waals surface area contributed by atoms with Crippen molar-refractivity contribution in [3.05, 3.63) is 65.2 Å². The van der Waals surface area contributed by atoms with Gasteiger partial charge < -0.3 is 5.32 Å². The smallest absolute Gasteiger partial charge is 0.260 e. The molecular formula is C20H18N2O4. The second-order valence-electron chi connectivity index (χ2n) is 6.12. The van der Waals surface area contributed by atoms with E-state index in [-0.39, 0.29) is 42.9 Å². The molecule has 3 amide bonds. The van der Waals surface area contributed by atoms with Gasteiger partial charge in [-0.15, -0.1) is 0 Å². The van der Waals surface area contributed by atoms with Gasteiger partial charge in [-0.3, -0.25) is 24.1 Å². The Hall–Kier alpha value is -3.28. The van der Waals surface area contributed by atoms with E-state index in [1.807, 2.05) is 0 Å². The van der Waals surface area contributed by atoms with Gasteiger partial charge in [-0.1, -0.05) is 30.3 Å². The van der Waals surface area contributed by atoms with Gasteiger partial charge in [0.1, 0.15) is 0 Å². The monoisotopic (exact) mass is 350 g/mol. The number of rotatable bonds is 5. The molecule has 26 heavy (non-hydrogen) atoms. The number of nitrogens with one attached hydrogen (secondary N) is 1. The van der Waals surface area contributed by atoms with Crippen molar-refractivity contribution in [3.8, 4) is 0 Å². The first kappa shape index (κ1) is 17.5. The Bertz CT molecular complexity index is 904. The molecule has 132 valence electrons. The summed E-state index contributed by atoms with van der Waals surface area (Å²) in [5, 5.41) is 2.69. The number of Topliss-reactive ketones (excluding diaryl/α,β-unsaturated/α-hetero) is 1. The lowest BCUT2D eigenvalue weighted by atomic mass is 9.98. The number of carbonyl (C=O) groups excluding carboxylic acids is 4. The highest BCUT2D eigenvalue weighted by Gasteiger charge is 2.30. The van der Waals surface area contributed by atoms with Crippen LogP contribution in [0.3, 0.4) is 0 Å². The molecule has 0 bridgehead atoms. The third-order valence-electron chi connectivity index (χ3n) is 4.25. The van der Waals surface area contributed by atoms with Crippen molar-refractivity contribution in [1.29, 1.82) is 0 Å². The molecule has 1 aliphatic heterocycles. The topological polar surface area (TPSA) is 83.6 Å². The van der Waals surface area contributed by atoms with Crippen molar-refractivity contribution >= 4 is 29.2 Å². The van der Waals surface area contributed by atoms with Gasteiger partial charge in [-0.25, -0.2) is 0 Å². The fourth-order valence-electron chi connectivity index (χ4n) is 2.88. The van der Waals surface area contributed by atoms with Crippen LogP contribution in [0.5, 0.6) is 0 Å². The SMILES string of the molecule is CC(=O)c1cccc(NC(=O)CCN2C(=O)Cc3ccccc3C2=O)c1. The first-order valence-electron chi connectivity index (χ1n) is 8.29. The minimum Gasteiger partial charge on any atom is -0.326 e. The predicted octanol–water partition coefficient (Wildman–Crippen LogP) is 2.44. The van der Waals surface area contributed by atoms with Gasteiger partial charge in [-0.05, 0) is 30.7 Å². The molecule has 6 heteroatoms. The lowest BCUT2D eigenvalue weighted by Crippen LogP contribution is -2.43. The Morgan fingerprint density at radius 3 is 2.62 bits per heavy atom. The second-order valence-corrected chi connectivity index (χ2v) is 6.12. The van der Waals surface area contributed by atoms with Crippen LogP contribution in [0.1, 0.15) is 39.6 Å². The first-order chi connectivity index (χ1) is 12.5. The molecule has 0 fully saturated rings. The summed E-state index contributed by atoms with van der Waals surface area (Å²) in [6.45, 7) is 1.47. The summed E-state index contributed by atoms with van der Waals surface area (Å²) in [5.41, 5.74) is 2.22. The van der Waals surface area contributed by atoms with E-state index in [0.29, 0.717) is 22.4 Å². The summed E-state index contributed by atoms with van der Waals surface area (Å²) in [7, 11) is 0. The average molecular weight is 350 g/mol. The van der Waals surface area contributed by atoms with Gasteiger partial charge in [-0.2, -0.15) is 0 Å². The van der Waals surface area contributed by atoms with E-state index in [2.05, 4.69) is 5.32 Å². The summed E-state index contributed by atoms with van der Waals surface area (Å²) >= 11 is 0. The minimum absolute atomic E-state index is 0.00997. The number of imide groups is 1. The fraction of sp³-hybridized carbons (Fsp3) is 0.200. The van der Waals surface area contributed by atoms with Crippen molar-refractivity contribution in [3.63, 3.8) is 0 Å². The first-order valence-corrected chi connectivity index (χ1v) is 8.29. The van der Waals surface area contributed by atoms with Crippen LogP contribution in [0.25, 0.3) is 0 Å². The lowest BCUT2D eigenvalue weighted by molar-refractivity contribution is -0.128. The largest absolute Gasteiger partial charge is 0.326 e. The molecule has 1 N–H and O–H groups in total. The zero-order valence-electron chi connectivity index (χ0n) is 14.3. The Balaban J connectivity index is 1.63. The molecule has 0 aromatic heterocycles. The molecule has 0 spiro atoms. The van der Waals surface area contributed by atoms with Crippen molar-refractivity contribution in [2.75, 3.05) is 11.9 Å². The summed E-state index contributed by atoms with van der Waals surface area (Å²) in [4.78, 5) is 49.3. The van der Waals surface area contributed by atoms with E-state index in [0.717, 1.165) is 4.90 Å². The van der Waals surface area contributed by atoms with E-state index < -0.39 is 0 Å². The summed E-state index contributed by atoms with van der Waals surface area (Å²) in [6.07, 6.45) is 0.147. The van der Waals surface area contributed by atoms with E-state index in [4.69, 9.17) is 0 Å². The molecule has 0 saturated heterocycles. The number of nitrogens with zero attached hydrogens (tertiary/aromatic N) is 1. The van der Waals surface area contributed by atoms with Gasteiger partial charge in [0.15, 0.2) is 5.78 Å². The molecule has 2 aromatic rings. The summed E-state index contributed by atoms with van der Waals surface area (Å²) in [5.74, 6) is -1.10. The number of ketones is 1. The number of fused-ring (bicyclic) bond motifs is 1. The van der Waals surface area contributed by atoms with Crippen LogP contribution in [0.2, 0.25) is 0 Å². The van der Waals surface area contributed by atoms with Crippen LogP contribution in [-0.2, 0) is 16.0 Å². The van der Waals surface area contributed by atoms with Gasteiger partial charge >= 0.3 is 0 Å². The quantitative estimate of drug-likeness (QED) is 0.663. The minimum atomic E-state index is -0.372. The third-order valence-corrected chi connectivity index (χ3v) is 4.25. The molecule has 0 unspecified atom stereocenters. The summed E-state index contributed by atoms with van der Waals surface area (Å²) in [6, 6.07) is 13.6. The number of hydrogen-bond donors (Lipinski definition) is 1. The van der Waals surface area contributed by atoms with Crippen LogP contribution in [0, 0.1) is 0 Å². The number of amides is 3. The van der Waals surface area contributed by atoms with Crippen LogP contribution in [0.4, 0.5) is 5.69 Å². The summed E-state index contributed by atoms with van der Waals surface area (Å²) < 4.78 is 0. The normalized spacial score (nSPS) is 13.3. The molecule has 6 nitrogen and oxygen atoms in total. The van der Waals surface area contributed by atoms with Gasteiger partial charge in [0, 0.05) is 29.8 Å². The van der Waals surface area contributed by atoms with Crippen molar-refractivity contribution in [1.82, 2.24) is 4.90 Å². The maximum atomic E-state index is 12.5. The number of carbonyl (C=O) groups is 4. The van der Waals surface area contributed by atoms with Crippen LogP contribution in [0.15, 0.2) is 48.5 Å². The Labute approximate surface area is 150 Å². The standard InChI is InChI=1S/C20H18N2O4/c1-13(23)14-6-4-7-16(11-14)21-18(24)9-10-22-19(25)12-15-5-2-3-8-17(15)20(22)26/h2-8,11H,9-10,12H2,1H3,(H,21,24). The molecule has 0 atom stereocenters. The molecule has 0 radical (unpaired) electrons. The molecule has 1 heterocycles. The van der Waals surface area contributed by atoms with E-state index in [9.17, 15) is 19.2 Å². The fourth-order valence-corrected chi connectivity index (χ4v) is 2.88. The highest BCUT2D eigenvalue weighted by atomic mass is 16.2. The number of hydrogen-bond acceptors (Lipinski definition) is 4. The van der Waals surface area contributed by atoms with Crippen molar-refractivity contribution < 1.29 is 19.2 Å². The third kappa shape index (κ3) is 3.69. The van der Waals surface area contributed by atoms with E-state index >= 15 is 0 Å². The van der Waals surface area contributed by atoms with Gasteiger partial charge in [0.2, 0.25) is 11.8 Å². The highest BCUT2D eigenvalue weighted by Crippen LogP contribution is 2.20. The van der Waals surface area contributed by atoms with Crippen LogP contribution in [-0.4, -0.2) is 34.9 Å². The lowest BCUT2D eigenvalue weighted by Gasteiger charge is -2.26. The van der Waals surface area contributed by atoms with Crippen molar-refractivity contribution in [2.45, 2.75) is 19.8 Å². The number of benzene rings is 2. The van der Waals surface area contributed by atoms with Gasteiger partial charge in [0.05, 0.1) is 6.42 Å². The van der Waals surface area contributed by atoms with Crippen LogP contribution < -0.4 is 5.32 Å². The average Bonchev–Trinajstić information content (AvgIpc) is 2.61. The Morgan fingerprint density at radius 2 is 1.85 bits per heavy atom. The second kappa shape index (κ2) is 7.31. The Morgan fingerprint density at radius 1 is 1.08 bits per heavy atom. The molecule has 2 aromatic carbocycles. The number of anilines is 1. The molecule has 0 saturated carbocycles. The maximum Gasteiger partial charge on any atom is 0.260 e. The van der Waals surface area contributed by atoms with Crippen molar-refractivity contribution in [2.24, 2.45) is 0 Å². The zero-order valence-corrected chi connectivity index (χ0v) is 14.3. The van der Waals surface area contributed by atoms with Crippen LogP contribution >= 0.6 is 0 Å². The zero-order chi connectivity index (χ0) is 18.7. The Kier molecular flexibility index (Phi) is 4.93. The van der Waals surface area contributed by atoms with Gasteiger partial charge in [0.25, 0.3) is 5.91 Å². The highest BCUT2D eigenvalue weighted by molar-refractivity contribution is 6.10. The van der Waals surface area contributed by atoms with E-state index in [1.54, 1.807) is 48.5 Å².